The SMILES string of the molecule is Cc1nn(CC(C)C)c(C)c1CC(=O)N(C)c1ccc(Cl)cn1. The number of halogens is 1. The standard InChI is InChI=1S/C17H23ClN4O/c1-11(2)10-22-13(4)15(12(3)20-22)8-17(23)21(5)16-7-6-14(18)9-19-16/h6-7,9,11H,8,10H2,1-5H3. The van der Waals surface area contributed by atoms with Crippen LogP contribution in [0.15, 0.2) is 18.3 Å². The molecular weight excluding hydrogens is 312 g/mol. The van der Waals surface area contributed by atoms with Crippen LogP contribution in [-0.2, 0) is 17.8 Å². The van der Waals surface area contributed by atoms with Crippen molar-refractivity contribution in [3.63, 3.8) is 0 Å². The van der Waals surface area contributed by atoms with Crippen LogP contribution in [0.5, 0.6) is 0 Å². The van der Waals surface area contributed by atoms with E-state index in [0.717, 1.165) is 23.5 Å². The molecule has 6 heteroatoms. The average molecular weight is 335 g/mol. The molecule has 5 nitrogen and oxygen atoms in total. The van der Waals surface area contributed by atoms with Gasteiger partial charge >= 0.3 is 0 Å². The van der Waals surface area contributed by atoms with E-state index in [4.69, 9.17) is 11.6 Å². The molecule has 0 saturated heterocycles. The van der Waals surface area contributed by atoms with Crippen LogP contribution < -0.4 is 4.90 Å². The normalized spacial score (nSPS) is 11.1. The number of carbonyl (C=O) groups is 1. The Morgan fingerprint density at radius 3 is 2.61 bits per heavy atom. The third-order valence-electron chi connectivity index (χ3n) is 3.83. The molecule has 2 aromatic heterocycles. The van der Waals surface area contributed by atoms with E-state index >= 15 is 0 Å². The third-order valence-corrected chi connectivity index (χ3v) is 4.05. The number of aromatic nitrogens is 3. The minimum absolute atomic E-state index is 0.0184. The lowest BCUT2D eigenvalue weighted by molar-refractivity contribution is -0.117. The fourth-order valence-electron chi connectivity index (χ4n) is 2.48. The highest BCUT2D eigenvalue weighted by Crippen LogP contribution is 2.18. The van der Waals surface area contributed by atoms with E-state index < -0.39 is 0 Å². The first-order valence-electron chi connectivity index (χ1n) is 7.70. The van der Waals surface area contributed by atoms with E-state index in [1.807, 2.05) is 18.5 Å². The number of pyridine rings is 1. The lowest BCUT2D eigenvalue weighted by atomic mass is 10.1. The van der Waals surface area contributed by atoms with Crippen molar-refractivity contribution in [3.8, 4) is 0 Å². The van der Waals surface area contributed by atoms with Gasteiger partial charge in [0.05, 0.1) is 17.1 Å². The highest BCUT2D eigenvalue weighted by atomic mass is 35.5. The lowest BCUT2D eigenvalue weighted by Crippen LogP contribution is -2.29. The molecule has 0 atom stereocenters. The van der Waals surface area contributed by atoms with Crippen LogP contribution in [0.25, 0.3) is 0 Å². The molecule has 124 valence electrons. The van der Waals surface area contributed by atoms with E-state index in [1.54, 1.807) is 24.1 Å². The van der Waals surface area contributed by atoms with Gasteiger partial charge in [-0.1, -0.05) is 25.4 Å². The minimum Gasteiger partial charge on any atom is -0.300 e. The zero-order valence-corrected chi connectivity index (χ0v) is 15.1. The van der Waals surface area contributed by atoms with Gasteiger partial charge in [0.25, 0.3) is 0 Å². The van der Waals surface area contributed by atoms with Crippen molar-refractivity contribution in [3.05, 3.63) is 40.3 Å². The maximum atomic E-state index is 12.5. The maximum absolute atomic E-state index is 12.5. The van der Waals surface area contributed by atoms with Gasteiger partial charge in [0.1, 0.15) is 5.82 Å². The molecule has 0 unspecified atom stereocenters. The summed E-state index contributed by atoms with van der Waals surface area (Å²) < 4.78 is 1.99. The van der Waals surface area contributed by atoms with Crippen LogP contribution in [0.1, 0.15) is 30.8 Å². The van der Waals surface area contributed by atoms with Crippen molar-refractivity contribution in [1.29, 1.82) is 0 Å². The zero-order valence-electron chi connectivity index (χ0n) is 14.3. The van der Waals surface area contributed by atoms with E-state index in [0.29, 0.717) is 23.2 Å². The number of anilines is 1. The monoisotopic (exact) mass is 334 g/mol. The number of aryl methyl sites for hydroxylation is 1. The van der Waals surface area contributed by atoms with Crippen LogP contribution in [0.4, 0.5) is 5.82 Å². The molecule has 2 rings (SSSR count). The van der Waals surface area contributed by atoms with Crippen molar-refractivity contribution in [2.24, 2.45) is 5.92 Å². The van der Waals surface area contributed by atoms with Gasteiger partial charge in [-0.05, 0) is 31.9 Å². The van der Waals surface area contributed by atoms with Crippen molar-refractivity contribution in [2.75, 3.05) is 11.9 Å². The Balaban J connectivity index is 2.16. The molecule has 0 aliphatic carbocycles. The largest absolute Gasteiger partial charge is 0.300 e. The molecule has 0 saturated carbocycles. The molecule has 0 radical (unpaired) electrons. The molecule has 0 bridgehead atoms. The summed E-state index contributed by atoms with van der Waals surface area (Å²) in [7, 11) is 1.72. The third kappa shape index (κ3) is 4.10. The Morgan fingerprint density at radius 2 is 2.04 bits per heavy atom. The van der Waals surface area contributed by atoms with E-state index in [-0.39, 0.29) is 5.91 Å². The van der Waals surface area contributed by atoms with Crippen LogP contribution >= 0.6 is 11.6 Å². The maximum Gasteiger partial charge on any atom is 0.232 e. The second kappa shape index (κ2) is 7.13. The number of rotatable bonds is 5. The van der Waals surface area contributed by atoms with Gasteiger partial charge in [0.2, 0.25) is 5.91 Å². The summed E-state index contributed by atoms with van der Waals surface area (Å²) in [4.78, 5) is 18.3. The highest BCUT2D eigenvalue weighted by molar-refractivity contribution is 6.30. The van der Waals surface area contributed by atoms with E-state index in [2.05, 4.69) is 23.9 Å². The summed E-state index contributed by atoms with van der Waals surface area (Å²) in [6, 6.07) is 3.47. The Hall–Kier alpha value is -1.88. The number of amides is 1. The molecule has 23 heavy (non-hydrogen) atoms. The van der Waals surface area contributed by atoms with Crippen molar-refractivity contribution in [2.45, 2.75) is 40.7 Å². The molecule has 0 fully saturated rings. The van der Waals surface area contributed by atoms with Gasteiger partial charge in [-0.2, -0.15) is 5.10 Å². The summed E-state index contributed by atoms with van der Waals surface area (Å²) in [6.45, 7) is 9.14. The van der Waals surface area contributed by atoms with Crippen molar-refractivity contribution < 1.29 is 4.79 Å². The van der Waals surface area contributed by atoms with Crippen molar-refractivity contribution in [1.82, 2.24) is 14.8 Å². The van der Waals surface area contributed by atoms with Crippen LogP contribution in [0, 0.1) is 19.8 Å². The minimum atomic E-state index is -0.0184. The molecule has 2 heterocycles. The predicted octanol–water partition coefficient (Wildman–Crippen LogP) is 3.41. The van der Waals surface area contributed by atoms with Crippen molar-refractivity contribution >= 4 is 23.3 Å². The zero-order chi connectivity index (χ0) is 17.1. The Morgan fingerprint density at radius 1 is 1.35 bits per heavy atom. The summed E-state index contributed by atoms with van der Waals surface area (Å²) in [5.74, 6) is 1.08. The van der Waals surface area contributed by atoms with Gasteiger partial charge in [0.15, 0.2) is 0 Å². The van der Waals surface area contributed by atoms with Gasteiger partial charge in [-0.15, -0.1) is 0 Å². The molecule has 0 N–H and O–H groups in total. The van der Waals surface area contributed by atoms with Crippen LogP contribution in [0.3, 0.4) is 0 Å². The average Bonchev–Trinajstić information content (AvgIpc) is 2.74. The van der Waals surface area contributed by atoms with Gasteiger partial charge in [0, 0.05) is 31.0 Å². The molecule has 2 aromatic rings. The fourth-order valence-corrected chi connectivity index (χ4v) is 2.59. The first-order chi connectivity index (χ1) is 10.8. The Bertz CT molecular complexity index is 691. The quantitative estimate of drug-likeness (QED) is 0.842. The van der Waals surface area contributed by atoms with E-state index in [9.17, 15) is 4.79 Å². The van der Waals surface area contributed by atoms with Crippen LogP contribution in [-0.4, -0.2) is 27.7 Å². The topological polar surface area (TPSA) is 51.0 Å². The molecule has 0 aliphatic rings. The van der Waals surface area contributed by atoms with Gasteiger partial charge < -0.3 is 0 Å². The first kappa shape index (κ1) is 17.5. The smallest absolute Gasteiger partial charge is 0.232 e. The highest BCUT2D eigenvalue weighted by Gasteiger charge is 2.19. The Labute approximate surface area is 142 Å². The second-order valence-electron chi connectivity index (χ2n) is 6.19. The van der Waals surface area contributed by atoms with Gasteiger partial charge in [-0.25, -0.2) is 4.98 Å². The molecule has 0 aromatic carbocycles. The second-order valence-corrected chi connectivity index (χ2v) is 6.63. The number of nitrogens with zero attached hydrogens (tertiary/aromatic N) is 4. The first-order valence-corrected chi connectivity index (χ1v) is 8.08. The summed E-state index contributed by atoms with van der Waals surface area (Å²) in [6.07, 6.45) is 1.86. The Kier molecular flexibility index (Phi) is 5.42. The lowest BCUT2D eigenvalue weighted by Gasteiger charge is -2.16. The predicted molar refractivity (Wildman–Crippen MR) is 92.9 cm³/mol. The van der Waals surface area contributed by atoms with E-state index in [1.165, 1.54) is 6.20 Å². The number of hydrogen-bond donors (Lipinski definition) is 0. The number of hydrogen-bond acceptors (Lipinski definition) is 3. The van der Waals surface area contributed by atoms with Crippen LogP contribution in [0.2, 0.25) is 5.02 Å². The summed E-state index contributed by atoms with van der Waals surface area (Å²) in [5, 5.41) is 5.11. The fraction of sp³-hybridized carbons (Fsp3) is 0.471. The molecule has 1 amide bonds. The van der Waals surface area contributed by atoms with Gasteiger partial charge in [-0.3, -0.25) is 14.4 Å². The molecule has 0 spiro atoms. The number of carbonyl (C=O) groups excluding carboxylic acids is 1. The number of likely N-dealkylation sites (N-methyl/N-ethyl adjacent to an activating group) is 1. The molecular formula is C17H23ClN4O. The summed E-state index contributed by atoms with van der Waals surface area (Å²) in [5.41, 5.74) is 2.97. The molecule has 0 aliphatic heterocycles. The summed E-state index contributed by atoms with van der Waals surface area (Å²) >= 11 is 5.83.